The van der Waals surface area contributed by atoms with E-state index >= 15 is 0 Å². The molecule has 0 spiro atoms. The second kappa shape index (κ2) is 10.0. The van der Waals surface area contributed by atoms with Crippen LogP contribution >= 0.6 is 22.9 Å². The largest absolute Gasteiger partial charge is 0.419 e. The third kappa shape index (κ3) is 5.77. The highest BCUT2D eigenvalue weighted by molar-refractivity contribution is 7.18. The van der Waals surface area contributed by atoms with Crippen molar-refractivity contribution in [2.45, 2.75) is 13.1 Å². The van der Waals surface area contributed by atoms with Gasteiger partial charge in [0.25, 0.3) is 11.8 Å². The molecule has 0 radical (unpaired) electrons. The molecule has 32 heavy (non-hydrogen) atoms. The molecule has 0 bridgehead atoms. The van der Waals surface area contributed by atoms with Gasteiger partial charge in [0.05, 0.1) is 26.0 Å². The fraction of sp³-hybridized carbons (Fsp3) is 0.190. The number of aryl methyl sites for hydroxylation is 1. The van der Waals surface area contributed by atoms with Crippen LogP contribution in [0, 0.1) is 6.92 Å². The summed E-state index contributed by atoms with van der Waals surface area (Å²) in [6, 6.07) is 10.4. The van der Waals surface area contributed by atoms with E-state index in [0.717, 1.165) is 17.4 Å². The summed E-state index contributed by atoms with van der Waals surface area (Å²) in [6.07, 6.45) is -3.28. The van der Waals surface area contributed by atoms with Crippen LogP contribution in [0.3, 0.4) is 0 Å². The van der Waals surface area contributed by atoms with Crippen molar-refractivity contribution in [1.82, 2.24) is 10.3 Å². The number of anilines is 2. The van der Waals surface area contributed by atoms with Crippen LogP contribution in [0.25, 0.3) is 0 Å². The van der Waals surface area contributed by atoms with E-state index in [1.807, 2.05) is 0 Å². The topological polar surface area (TPSA) is 83.1 Å². The molecule has 1 aromatic carbocycles. The Labute approximate surface area is 190 Å². The highest BCUT2D eigenvalue weighted by Crippen LogP contribution is 2.33. The van der Waals surface area contributed by atoms with E-state index in [2.05, 4.69) is 20.9 Å². The van der Waals surface area contributed by atoms with Gasteiger partial charge in [-0.25, -0.2) is 4.98 Å². The summed E-state index contributed by atoms with van der Waals surface area (Å²) >= 11 is 7.12. The molecule has 3 aromatic rings. The van der Waals surface area contributed by atoms with Gasteiger partial charge in [0.2, 0.25) is 0 Å². The highest BCUT2D eigenvalue weighted by Gasteiger charge is 2.33. The van der Waals surface area contributed by atoms with Crippen molar-refractivity contribution in [2.75, 3.05) is 23.7 Å². The summed E-state index contributed by atoms with van der Waals surface area (Å²) in [5.41, 5.74) is 0.0865. The first kappa shape index (κ1) is 23.6. The molecule has 0 atom stereocenters. The van der Waals surface area contributed by atoms with E-state index in [-0.39, 0.29) is 18.9 Å². The maximum Gasteiger partial charge on any atom is 0.419 e. The second-order valence-electron chi connectivity index (χ2n) is 6.64. The predicted octanol–water partition coefficient (Wildman–Crippen LogP) is 5.22. The van der Waals surface area contributed by atoms with Gasteiger partial charge in [-0.1, -0.05) is 23.7 Å². The molecular formula is C21H18ClF3N4O2S. The standard InChI is InChI=1S/C21H18ClF3N4O2S/c1-12-11-16(29-19(30)13-5-2-3-7-15(13)22)32-17(12)20(31)28-10-9-27-18-14(21(23,24)25)6-4-8-26-18/h2-8,11H,9-10H2,1H3,(H,26,27)(H,28,31)(H,29,30). The number of benzene rings is 1. The van der Waals surface area contributed by atoms with Crippen LogP contribution < -0.4 is 16.0 Å². The Morgan fingerprint density at radius 2 is 1.84 bits per heavy atom. The number of rotatable bonds is 7. The monoisotopic (exact) mass is 482 g/mol. The number of halogens is 4. The van der Waals surface area contributed by atoms with Gasteiger partial charge >= 0.3 is 6.18 Å². The number of nitrogens with one attached hydrogen (secondary N) is 3. The number of thiophene rings is 1. The van der Waals surface area contributed by atoms with Crippen LogP contribution in [0.5, 0.6) is 0 Å². The van der Waals surface area contributed by atoms with Crippen molar-refractivity contribution < 1.29 is 22.8 Å². The smallest absolute Gasteiger partial charge is 0.368 e. The van der Waals surface area contributed by atoms with Gasteiger partial charge in [-0.05, 0) is 42.8 Å². The van der Waals surface area contributed by atoms with Crippen molar-refractivity contribution in [1.29, 1.82) is 0 Å². The molecule has 0 aliphatic carbocycles. The Hall–Kier alpha value is -3.11. The van der Waals surface area contributed by atoms with Crippen molar-refractivity contribution in [3.05, 3.63) is 75.3 Å². The van der Waals surface area contributed by atoms with E-state index in [4.69, 9.17) is 11.6 Å². The number of pyridine rings is 1. The van der Waals surface area contributed by atoms with Gasteiger partial charge in [-0.3, -0.25) is 9.59 Å². The van der Waals surface area contributed by atoms with Gasteiger partial charge in [-0.2, -0.15) is 13.2 Å². The molecule has 2 aromatic heterocycles. The molecule has 3 N–H and O–H groups in total. The van der Waals surface area contributed by atoms with Gasteiger partial charge < -0.3 is 16.0 Å². The molecule has 6 nitrogen and oxygen atoms in total. The molecule has 0 aliphatic heterocycles. The molecule has 3 rings (SSSR count). The first-order valence-electron chi connectivity index (χ1n) is 9.37. The Bertz CT molecular complexity index is 1130. The second-order valence-corrected chi connectivity index (χ2v) is 8.10. The Balaban J connectivity index is 1.56. The van der Waals surface area contributed by atoms with E-state index in [1.54, 1.807) is 37.3 Å². The van der Waals surface area contributed by atoms with Gasteiger partial charge in [0.15, 0.2) is 0 Å². The van der Waals surface area contributed by atoms with Gasteiger partial charge in [0.1, 0.15) is 5.82 Å². The van der Waals surface area contributed by atoms with Crippen LogP contribution in [-0.4, -0.2) is 29.9 Å². The van der Waals surface area contributed by atoms with Gasteiger partial charge in [-0.15, -0.1) is 11.3 Å². The summed E-state index contributed by atoms with van der Waals surface area (Å²) in [5, 5.41) is 8.72. The van der Waals surface area contributed by atoms with Crippen LogP contribution in [0.4, 0.5) is 24.0 Å². The third-order valence-electron chi connectivity index (χ3n) is 4.30. The maximum atomic E-state index is 13.0. The summed E-state index contributed by atoms with van der Waals surface area (Å²) in [5.74, 6) is -1.10. The van der Waals surface area contributed by atoms with Crippen LogP contribution in [0.2, 0.25) is 5.02 Å². The van der Waals surface area contributed by atoms with E-state index in [1.165, 1.54) is 12.3 Å². The molecule has 0 saturated heterocycles. The lowest BCUT2D eigenvalue weighted by molar-refractivity contribution is -0.137. The van der Waals surface area contributed by atoms with Crippen LogP contribution in [0.15, 0.2) is 48.7 Å². The molecule has 0 unspecified atom stereocenters. The number of carbonyl (C=O) groups is 2. The molecule has 2 heterocycles. The van der Waals surface area contributed by atoms with Gasteiger partial charge in [0, 0.05) is 19.3 Å². The first-order chi connectivity index (χ1) is 15.2. The zero-order chi connectivity index (χ0) is 23.3. The molecule has 168 valence electrons. The number of carbonyl (C=O) groups excluding carboxylic acids is 2. The summed E-state index contributed by atoms with van der Waals surface area (Å²) < 4.78 is 39.0. The first-order valence-corrected chi connectivity index (χ1v) is 10.6. The SMILES string of the molecule is Cc1cc(NC(=O)c2ccccc2Cl)sc1C(=O)NCCNc1ncccc1C(F)(F)F. The number of alkyl halides is 3. The van der Waals surface area contributed by atoms with Crippen LogP contribution in [-0.2, 0) is 6.18 Å². The maximum absolute atomic E-state index is 13.0. The molecule has 2 amide bonds. The fourth-order valence-corrected chi connectivity index (χ4v) is 4.01. The van der Waals surface area contributed by atoms with Crippen LogP contribution in [0.1, 0.15) is 31.2 Å². The minimum Gasteiger partial charge on any atom is -0.368 e. The predicted molar refractivity (Wildman–Crippen MR) is 119 cm³/mol. The summed E-state index contributed by atoms with van der Waals surface area (Å²) in [6.45, 7) is 1.84. The minimum absolute atomic E-state index is 0.0480. The van der Waals surface area contributed by atoms with Crippen molar-refractivity contribution in [2.24, 2.45) is 0 Å². The minimum atomic E-state index is -4.53. The molecular weight excluding hydrogens is 465 g/mol. The number of nitrogens with zero attached hydrogens (tertiary/aromatic N) is 1. The van der Waals surface area contributed by atoms with E-state index in [0.29, 0.717) is 26.0 Å². The molecule has 0 saturated carbocycles. The third-order valence-corrected chi connectivity index (χ3v) is 5.78. The van der Waals surface area contributed by atoms with Crippen molar-refractivity contribution >= 4 is 45.6 Å². The quantitative estimate of drug-likeness (QED) is 0.403. The van der Waals surface area contributed by atoms with Crippen molar-refractivity contribution in [3.8, 4) is 0 Å². The van der Waals surface area contributed by atoms with E-state index in [9.17, 15) is 22.8 Å². The van der Waals surface area contributed by atoms with Crippen molar-refractivity contribution in [3.63, 3.8) is 0 Å². The number of amides is 2. The number of aromatic nitrogens is 1. The summed E-state index contributed by atoms with van der Waals surface area (Å²) in [7, 11) is 0. The lowest BCUT2D eigenvalue weighted by atomic mass is 10.2. The molecule has 11 heteroatoms. The summed E-state index contributed by atoms with van der Waals surface area (Å²) in [4.78, 5) is 28.9. The Morgan fingerprint density at radius 3 is 2.56 bits per heavy atom. The lowest BCUT2D eigenvalue weighted by Gasteiger charge is -2.13. The number of hydrogen-bond donors (Lipinski definition) is 3. The lowest BCUT2D eigenvalue weighted by Crippen LogP contribution is -2.29. The zero-order valence-electron chi connectivity index (χ0n) is 16.7. The molecule has 0 aliphatic rings. The Kier molecular flexibility index (Phi) is 7.37. The average Bonchev–Trinajstić information content (AvgIpc) is 3.11. The average molecular weight is 483 g/mol. The molecule has 0 fully saturated rings. The fourth-order valence-electron chi connectivity index (χ4n) is 2.81. The Morgan fingerprint density at radius 1 is 1.09 bits per heavy atom. The zero-order valence-corrected chi connectivity index (χ0v) is 18.3. The highest BCUT2D eigenvalue weighted by atomic mass is 35.5. The van der Waals surface area contributed by atoms with E-state index < -0.39 is 23.6 Å². The number of hydrogen-bond acceptors (Lipinski definition) is 5. The normalized spacial score (nSPS) is 11.2.